The Morgan fingerprint density at radius 1 is 1.38 bits per heavy atom. The first-order valence-electron chi connectivity index (χ1n) is 8.66. The van der Waals surface area contributed by atoms with Crippen molar-refractivity contribution in [3.63, 3.8) is 0 Å². The second-order valence-electron chi connectivity index (χ2n) is 6.79. The number of hydrogen-bond acceptors (Lipinski definition) is 4. The van der Waals surface area contributed by atoms with E-state index in [1.807, 2.05) is 6.92 Å². The summed E-state index contributed by atoms with van der Waals surface area (Å²) in [7, 11) is 0. The van der Waals surface area contributed by atoms with Gasteiger partial charge in [0, 0.05) is 11.3 Å². The average Bonchev–Trinajstić information content (AvgIpc) is 3.29. The molecule has 0 aromatic heterocycles. The number of hydrogen-bond donors (Lipinski definition) is 1. The zero-order valence-electron chi connectivity index (χ0n) is 13.8. The maximum absolute atomic E-state index is 12.5. The van der Waals surface area contributed by atoms with Crippen molar-refractivity contribution in [1.29, 1.82) is 0 Å². The van der Waals surface area contributed by atoms with E-state index in [0.717, 1.165) is 25.2 Å². The molecule has 122 valence electrons. The van der Waals surface area contributed by atoms with Crippen molar-refractivity contribution in [3.8, 4) is 0 Å². The lowest BCUT2D eigenvalue weighted by molar-refractivity contribution is -0.152. The normalized spacial score (nSPS) is 30.9. The molecule has 3 nitrogen and oxygen atoms in total. The molecule has 4 heteroatoms. The monoisotopic (exact) mass is 313 g/mol. The number of carbonyl (C=O) groups is 1. The summed E-state index contributed by atoms with van der Waals surface area (Å²) in [6.07, 6.45) is 7.94. The van der Waals surface area contributed by atoms with Crippen molar-refractivity contribution in [2.45, 2.75) is 82.5 Å². The predicted octanol–water partition coefficient (Wildman–Crippen LogP) is 3.76. The molecule has 0 aromatic rings. The van der Waals surface area contributed by atoms with Crippen LogP contribution >= 0.6 is 11.8 Å². The molecular weight excluding hydrogens is 282 g/mol. The van der Waals surface area contributed by atoms with Gasteiger partial charge in [0.15, 0.2) is 0 Å². The Morgan fingerprint density at radius 2 is 2.14 bits per heavy atom. The van der Waals surface area contributed by atoms with Gasteiger partial charge in [0.1, 0.15) is 5.54 Å². The van der Waals surface area contributed by atoms with Crippen molar-refractivity contribution in [2.75, 3.05) is 12.4 Å². The molecule has 3 atom stereocenters. The summed E-state index contributed by atoms with van der Waals surface area (Å²) in [5.41, 5.74) is -0.400. The lowest BCUT2D eigenvalue weighted by Crippen LogP contribution is -2.57. The summed E-state index contributed by atoms with van der Waals surface area (Å²) >= 11 is 2.07. The summed E-state index contributed by atoms with van der Waals surface area (Å²) in [4.78, 5) is 12.5. The van der Waals surface area contributed by atoms with Crippen molar-refractivity contribution >= 4 is 17.7 Å². The Labute approximate surface area is 134 Å². The van der Waals surface area contributed by atoms with E-state index < -0.39 is 5.54 Å². The van der Waals surface area contributed by atoms with E-state index in [-0.39, 0.29) is 5.97 Å². The molecule has 1 N–H and O–H groups in total. The van der Waals surface area contributed by atoms with Gasteiger partial charge >= 0.3 is 5.97 Å². The third-order valence-electron chi connectivity index (χ3n) is 4.74. The molecular formula is C17H31NO2S. The SMILES string of the molecule is CCOC(=O)C1(NC2CC2)CCCC(SCC(C)CC)C1. The van der Waals surface area contributed by atoms with Gasteiger partial charge in [-0.3, -0.25) is 10.1 Å². The lowest BCUT2D eigenvalue weighted by Gasteiger charge is -2.39. The first-order chi connectivity index (χ1) is 10.1. The summed E-state index contributed by atoms with van der Waals surface area (Å²) < 4.78 is 5.40. The standard InChI is InChI=1S/C17H31NO2S/c1-4-13(3)12-21-15-7-6-10-17(11-15,16(19)20-5-2)18-14-8-9-14/h13-15,18H,4-12H2,1-3H3. The van der Waals surface area contributed by atoms with Crippen molar-refractivity contribution in [1.82, 2.24) is 5.32 Å². The highest BCUT2D eigenvalue weighted by Gasteiger charge is 2.46. The maximum atomic E-state index is 12.5. The van der Waals surface area contributed by atoms with Gasteiger partial charge in [0.2, 0.25) is 0 Å². The summed E-state index contributed by atoms with van der Waals surface area (Å²) in [6.45, 7) is 6.96. The first-order valence-corrected chi connectivity index (χ1v) is 9.71. The van der Waals surface area contributed by atoms with Crippen LogP contribution in [0, 0.1) is 5.92 Å². The highest BCUT2D eigenvalue weighted by Crippen LogP contribution is 2.39. The first kappa shape index (κ1) is 17.1. The molecule has 0 amide bonds. The molecule has 0 saturated heterocycles. The fourth-order valence-corrected chi connectivity index (χ4v) is 4.62. The number of carbonyl (C=O) groups excluding carboxylic acids is 1. The quantitative estimate of drug-likeness (QED) is 0.692. The van der Waals surface area contributed by atoms with Gasteiger partial charge in [-0.05, 0) is 57.1 Å². The Hall–Kier alpha value is -0.220. The highest BCUT2D eigenvalue weighted by molar-refractivity contribution is 7.99. The Morgan fingerprint density at radius 3 is 2.76 bits per heavy atom. The van der Waals surface area contributed by atoms with E-state index in [2.05, 4.69) is 30.9 Å². The van der Waals surface area contributed by atoms with Crippen molar-refractivity contribution < 1.29 is 9.53 Å². The lowest BCUT2D eigenvalue weighted by atomic mass is 9.81. The molecule has 2 rings (SSSR count). The molecule has 2 saturated carbocycles. The van der Waals surface area contributed by atoms with Crippen LogP contribution in [0.25, 0.3) is 0 Å². The zero-order valence-corrected chi connectivity index (χ0v) is 14.6. The molecule has 0 radical (unpaired) electrons. The van der Waals surface area contributed by atoms with Crippen LogP contribution in [0.2, 0.25) is 0 Å². The van der Waals surface area contributed by atoms with Gasteiger partial charge in [-0.2, -0.15) is 11.8 Å². The third kappa shape index (κ3) is 4.88. The molecule has 0 heterocycles. The van der Waals surface area contributed by atoms with Crippen LogP contribution in [0.1, 0.15) is 65.7 Å². The second-order valence-corrected chi connectivity index (χ2v) is 8.12. The van der Waals surface area contributed by atoms with E-state index in [0.29, 0.717) is 17.9 Å². The smallest absolute Gasteiger partial charge is 0.326 e. The molecule has 2 fully saturated rings. The minimum atomic E-state index is -0.400. The Kier molecular flexibility index (Phi) is 6.42. The third-order valence-corrected chi connectivity index (χ3v) is 6.38. The minimum Gasteiger partial charge on any atom is -0.465 e. The van der Waals surface area contributed by atoms with Crippen LogP contribution in [0.15, 0.2) is 0 Å². The maximum Gasteiger partial charge on any atom is 0.326 e. The van der Waals surface area contributed by atoms with Crippen LogP contribution in [0.4, 0.5) is 0 Å². The number of ether oxygens (including phenoxy) is 1. The Balaban J connectivity index is 1.96. The molecule has 2 aliphatic rings. The van der Waals surface area contributed by atoms with E-state index in [1.165, 1.54) is 31.4 Å². The van der Waals surface area contributed by atoms with Gasteiger partial charge in [0.05, 0.1) is 6.61 Å². The van der Waals surface area contributed by atoms with Gasteiger partial charge in [0.25, 0.3) is 0 Å². The van der Waals surface area contributed by atoms with Gasteiger partial charge in [-0.1, -0.05) is 20.3 Å². The number of rotatable bonds is 8. The van der Waals surface area contributed by atoms with Crippen molar-refractivity contribution in [3.05, 3.63) is 0 Å². The van der Waals surface area contributed by atoms with Crippen LogP contribution < -0.4 is 5.32 Å². The van der Waals surface area contributed by atoms with Gasteiger partial charge in [-0.25, -0.2) is 0 Å². The number of thioether (sulfide) groups is 1. The van der Waals surface area contributed by atoms with Crippen molar-refractivity contribution in [2.24, 2.45) is 5.92 Å². The van der Waals surface area contributed by atoms with Crippen LogP contribution in [0.3, 0.4) is 0 Å². The average molecular weight is 314 g/mol. The van der Waals surface area contributed by atoms with E-state index in [1.54, 1.807) is 0 Å². The molecule has 3 unspecified atom stereocenters. The fourth-order valence-electron chi connectivity index (χ4n) is 3.05. The fraction of sp³-hybridized carbons (Fsp3) is 0.941. The second kappa shape index (κ2) is 7.87. The zero-order chi connectivity index (χ0) is 15.3. The molecule has 0 aromatic carbocycles. The van der Waals surface area contributed by atoms with Crippen LogP contribution in [-0.4, -0.2) is 35.2 Å². The largest absolute Gasteiger partial charge is 0.465 e. The van der Waals surface area contributed by atoms with Crippen LogP contribution in [-0.2, 0) is 9.53 Å². The van der Waals surface area contributed by atoms with Gasteiger partial charge in [-0.15, -0.1) is 0 Å². The van der Waals surface area contributed by atoms with E-state index >= 15 is 0 Å². The van der Waals surface area contributed by atoms with Gasteiger partial charge < -0.3 is 4.74 Å². The molecule has 2 aliphatic carbocycles. The molecule has 0 aliphatic heterocycles. The Bertz CT molecular complexity index is 346. The molecule has 21 heavy (non-hydrogen) atoms. The number of esters is 1. The van der Waals surface area contributed by atoms with Crippen LogP contribution in [0.5, 0.6) is 0 Å². The number of nitrogens with one attached hydrogen (secondary N) is 1. The van der Waals surface area contributed by atoms with E-state index in [9.17, 15) is 4.79 Å². The highest BCUT2D eigenvalue weighted by atomic mass is 32.2. The van der Waals surface area contributed by atoms with E-state index in [4.69, 9.17) is 4.74 Å². The minimum absolute atomic E-state index is 0.00857. The molecule has 0 bridgehead atoms. The molecule has 0 spiro atoms. The topological polar surface area (TPSA) is 38.3 Å². The summed E-state index contributed by atoms with van der Waals surface area (Å²) in [5, 5.41) is 4.23. The summed E-state index contributed by atoms with van der Waals surface area (Å²) in [5.74, 6) is 1.97. The summed E-state index contributed by atoms with van der Waals surface area (Å²) in [6, 6.07) is 0.549. The predicted molar refractivity (Wildman–Crippen MR) is 89.7 cm³/mol.